The van der Waals surface area contributed by atoms with Gasteiger partial charge >= 0.3 is 0 Å². The Labute approximate surface area is 81.5 Å². The lowest BCUT2D eigenvalue weighted by atomic mass is 10.1. The van der Waals surface area contributed by atoms with Crippen LogP contribution < -0.4 is 0 Å². The van der Waals surface area contributed by atoms with Crippen molar-refractivity contribution < 1.29 is 8.95 Å². The van der Waals surface area contributed by atoms with Gasteiger partial charge in [-0.2, -0.15) is 5.26 Å². The van der Waals surface area contributed by atoms with Crippen LogP contribution in [0.5, 0.6) is 0 Å². The molecule has 0 heterocycles. The zero-order chi connectivity index (χ0) is 9.68. The molecule has 3 nitrogen and oxygen atoms in total. The molecule has 1 fully saturated rings. The predicted molar refractivity (Wildman–Crippen MR) is 51.6 cm³/mol. The molecule has 74 valence electrons. The number of hydrogen-bond donors (Lipinski definition) is 0. The van der Waals surface area contributed by atoms with Crippen molar-refractivity contribution in [2.75, 3.05) is 19.5 Å². The summed E-state index contributed by atoms with van der Waals surface area (Å²) >= 11 is 0. The van der Waals surface area contributed by atoms with Crippen molar-refractivity contribution in [3.8, 4) is 6.07 Å². The maximum Gasteiger partial charge on any atom is 0.0668 e. The second-order valence-electron chi connectivity index (χ2n) is 3.28. The van der Waals surface area contributed by atoms with E-state index in [1.54, 1.807) is 7.11 Å². The van der Waals surface area contributed by atoms with Gasteiger partial charge in [-0.1, -0.05) is 6.42 Å². The van der Waals surface area contributed by atoms with Gasteiger partial charge in [-0.25, -0.2) is 0 Å². The summed E-state index contributed by atoms with van der Waals surface area (Å²) in [7, 11) is 0.732. The lowest BCUT2D eigenvalue weighted by Crippen LogP contribution is -2.22. The number of nitriles is 1. The summed E-state index contributed by atoms with van der Waals surface area (Å²) < 4.78 is 16.5. The van der Waals surface area contributed by atoms with Crippen molar-refractivity contribution in [2.24, 2.45) is 5.92 Å². The van der Waals surface area contributed by atoms with Crippen molar-refractivity contribution in [3.05, 3.63) is 0 Å². The fraction of sp³-hybridized carbons (Fsp3) is 0.889. The Hall–Kier alpha value is -0.400. The summed E-state index contributed by atoms with van der Waals surface area (Å²) in [5.41, 5.74) is 0. The molecule has 0 saturated heterocycles. The Morgan fingerprint density at radius 2 is 2.38 bits per heavy atom. The van der Waals surface area contributed by atoms with Crippen LogP contribution in [0.4, 0.5) is 0 Å². The molecule has 1 rings (SSSR count). The average molecular weight is 201 g/mol. The normalized spacial score (nSPS) is 29.8. The molecule has 1 aliphatic rings. The summed E-state index contributed by atoms with van der Waals surface area (Å²) in [4.78, 5) is 0. The van der Waals surface area contributed by atoms with Crippen LogP contribution >= 0.6 is 0 Å². The molecule has 0 aromatic carbocycles. The molecule has 0 amide bonds. The highest BCUT2D eigenvalue weighted by Crippen LogP contribution is 2.29. The summed E-state index contributed by atoms with van der Waals surface area (Å²) in [6, 6.07) is 2.24. The Morgan fingerprint density at radius 1 is 1.62 bits per heavy atom. The summed E-state index contributed by atoms with van der Waals surface area (Å²) in [5.74, 6) is 0.581. The Bertz CT molecular complexity index is 224. The standard InChI is InChI=1S/C9H15NO2S/c1-12-5-6-13(11)9-4-2-3-8(9)7-10/h8-9H,2-6H2,1H3. The molecular weight excluding hydrogens is 186 g/mol. The van der Waals surface area contributed by atoms with E-state index < -0.39 is 10.8 Å². The average Bonchev–Trinajstić information content (AvgIpc) is 2.61. The molecule has 1 aliphatic carbocycles. The van der Waals surface area contributed by atoms with Gasteiger partial charge < -0.3 is 4.74 Å². The fourth-order valence-corrected chi connectivity index (χ4v) is 3.33. The molecule has 0 aliphatic heterocycles. The Kier molecular flexibility index (Phi) is 4.40. The van der Waals surface area contributed by atoms with Gasteiger partial charge in [0.05, 0.1) is 23.8 Å². The van der Waals surface area contributed by atoms with Crippen LogP contribution in [0.1, 0.15) is 19.3 Å². The largest absolute Gasteiger partial charge is 0.384 e. The first-order valence-electron chi connectivity index (χ1n) is 4.55. The van der Waals surface area contributed by atoms with Crippen LogP contribution in [-0.2, 0) is 15.5 Å². The van der Waals surface area contributed by atoms with Crippen LogP contribution in [0.2, 0.25) is 0 Å². The highest BCUT2D eigenvalue weighted by atomic mass is 32.2. The number of hydrogen-bond acceptors (Lipinski definition) is 3. The molecule has 3 unspecified atom stereocenters. The first kappa shape index (κ1) is 10.7. The zero-order valence-electron chi connectivity index (χ0n) is 7.86. The SMILES string of the molecule is COCCS(=O)C1CCCC1C#N. The van der Waals surface area contributed by atoms with Gasteiger partial charge in [-0.15, -0.1) is 0 Å². The quantitative estimate of drug-likeness (QED) is 0.683. The zero-order valence-corrected chi connectivity index (χ0v) is 8.68. The molecular formula is C9H15NO2S. The summed E-state index contributed by atoms with van der Waals surface area (Å²) in [5, 5.41) is 8.89. The molecule has 0 radical (unpaired) electrons. The fourth-order valence-electron chi connectivity index (χ4n) is 1.71. The number of rotatable bonds is 4. The van der Waals surface area contributed by atoms with Crippen molar-refractivity contribution in [1.82, 2.24) is 0 Å². The maximum atomic E-state index is 11.7. The molecule has 0 aromatic rings. The highest BCUT2D eigenvalue weighted by Gasteiger charge is 2.31. The minimum atomic E-state index is -0.873. The smallest absolute Gasteiger partial charge is 0.0668 e. The third kappa shape index (κ3) is 2.78. The molecule has 0 N–H and O–H groups in total. The van der Waals surface area contributed by atoms with Crippen LogP contribution in [-0.4, -0.2) is 28.9 Å². The summed E-state index contributed by atoms with van der Waals surface area (Å²) in [6.07, 6.45) is 2.90. The Morgan fingerprint density at radius 3 is 3.00 bits per heavy atom. The van der Waals surface area contributed by atoms with E-state index in [1.807, 2.05) is 0 Å². The molecule has 3 atom stereocenters. The third-order valence-corrected chi connectivity index (χ3v) is 4.25. The molecule has 0 aromatic heterocycles. The minimum Gasteiger partial charge on any atom is -0.384 e. The molecule has 13 heavy (non-hydrogen) atoms. The monoisotopic (exact) mass is 201 g/mol. The van der Waals surface area contributed by atoms with Gasteiger partial charge in [0.2, 0.25) is 0 Å². The van der Waals surface area contributed by atoms with E-state index in [4.69, 9.17) is 10.00 Å². The van der Waals surface area contributed by atoms with Gasteiger partial charge in [0.25, 0.3) is 0 Å². The van der Waals surface area contributed by atoms with Gasteiger partial charge in [-0.05, 0) is 12.8 Å². The third-order valence-electron chi connectivity index (χ3n) is 2.44. The predicted octanol–water partition coefficient (Wildman–Crippen LogP) is 1.07. The second kappa shape index (κ2) is 5.36. The summed E-state index contributed by atoms with van der Waals surface area (Å²) in [6.45, 7) is 0.529. The van der Waals surface area contributed by atoms with Gasteiger partial charge in [0.1, 0.15) is 0 Å². The van der Waals surface area contributed by atoms with E-state index in [0.717, 1.165) is 19.3 Å². The van der Waals surface area contributed by atoms with Crippen LogP contribution in [0.15, 0.2) is 0 Å². The number of methoxy groups -OCH3 is 1. The van der Waals surface area contributed by atoms with Gasteiger partial charge in [-0.3, -0.25) is 4.21 Å². The van der Waals surface area contributed by atoms with E-state index in [1.165, 1.54) is 0 Å². The van der Waals surface area contributed by atoms with E-state index >= 15 is 0 Å². The Balaban J connectivity index is 2.42. The van der Waals surface area contributed by atoms with Crippen molar-refractivity contribution in [3.63, 3.8) is 0 Å². The molecule has 1 saturated carbocycles. The first-order valence-corrected chi connectivity index (χ1v) is 5.93. The first-order chi connectivity index (χ1) is 6.29. The molecule has 0 bridgehead atoms. The molecule has 0 spiro atoms. The van der Waals surface area contributed by atoms with Crippen molar-refractivity contribution >= 4 is 10.8 Å². The van der Waals surface area contributed by atoms with E-state index in [9.17, 15) is 4.21 Å². The van der Waals surface area contributed by atoms with E-state index in [0.29, 0.717) is 12.4 Å². The lowest BCUT2D eigenvalue weighted by Gasteiger charge is -2.12. The van der Waals surface area contributed by atoms with Gasteiger partial charge in [0, 0.05) is 23.7 Å². The second-order valence-corrected chi connectivity index (χ2v) is 5.06. The van der Waals surface area contributed by atoms with Crippen LogP contribution in [0.3, 0.4) is 0 Å². The topological polar surface area (TPSA) is 50.1 Å². The maximum absolute atomic E-state index is 11.7. The number of nitrogens with zero attached hydrogens (tertiary/aromatic N) is 1. The van der Waals surface area contributed by atoms with Crippen molar-refractivity contribution in [1.29, 1.82) is 5.26 Å². The van der Waals surface area contributed by atoms with Crippen LogP contribution in [0, 0.1) is 17.2 Å². The van der Waals surface area contributed by atoms with E-state index in [-0.39, 0.29) is 11.2 Å². The highest BCUT2D eigenvalue weighted by molar-refractivity contribution is 7.85. The lowest BCUT2D eigenvalue weighted by molar-refractivity contribution is 0.218. The minimum absolute atomic E-state index is 0.0117. The van der Waals surface area contributed by atoms with Gasteiger partial charge in [0.15, 0.2) is 0 Å². The molecule has 4 heteroatoms. The van der Waals surface area contributed by atoms with Crippen molar-refractivity contribution in [2.45, 2.75) is 24.5 Å². The number of ether oxygens (including phenoxy) is 1. The van der Waals surface area contributed by atoms with E-state index in [2.05, 4.69) is 6.07 Å². The van der Waals surface area contributed by atoms with Crippen LogP contribution in [0.25, 0.3) is 0 Å².